The van der Waals surface area contributed by atoms with Crippen LogP contribution in [0.15, 0.2) is 51.7 Å². The highest BCUT2D eigenvalue weighted by Crippen LogP contribution is 2.38. The minimum Gasteiger partial charge on any atom is -0.450 e. The highest BCUT2D eigenvalue weighted by molar-refractivity contribution is 5.99. The fourth-order valence-electron chi connectivity index (χ4n) is 4.32. The van der Waals surface area contributed by atoms with E-state index in [4.69, 9.17) is 9.15 Å². The van der Waals surface area contributed by atoms with Crippen molar-refractivity contribution in [2.24, 2.45) is 0 Å². The van der Waals surface area contributed by atoms with Gasteiger partial charge in [0.05, 0.1) is 30.2 Å². The van der Waals surface area contributed by atoms with E-state index in [1.165, 1.54) is 35.2 Å². The van der Waals surface area contributed by atoms with Gasteiger partial charge in [-0.05, 0) is 35.9 Å². The molecule has 0 N–H and O–H groups in total. The first-order valence-electron chi connectivity index (χ1n) is 10.2. The number of hydrogen-bond donors (Lipinski definition) is 0. The molecule has 3 heterocycles. The standard InChI is InChI=1S/C23H20F2N2O4/c24-15-3-1-2-14(12-15)20-19-21(28)17-13-16(25)4-5-18(17)31-22(19)23(29)27(20)7-6-26-8-10-30-11-9-26/h1-5,12-13,20H,6-11H2/t20-/m0/s1. The summed E-state index contributed by atoms with van der Waals surface area (Å²) in [6.45, 7) is 3.66. The van der Waals surface area contributed by atoms with Gasteiger partial charge in [0, 0.05) is 26.2 Å². The van der Waals surface area contributed by atoms with Crippen molar-refractivity contribution in [1.82, 2.24) is 9.80 Å². The molecule has 0 saturated carbocycles. The van der Waals surface area contributed by atoms with Crippen LogP contribution in [0.5, 0.6) is 0 Å². The molecule has 2 aromatic carbocycles. The highest BCUT2D eigenvalue weighted by Gasteiger charge is 2.42. The number of benzene rings is 2. The molecule has 3 aromatic rings. The third-order valence-electron chi connectivity index (χ3n) is 5.85. The van der Waals surface area contributed by atoms with Gasteiger partial charge in [0.25, 0.3) is 5.91 Å². The number of amides is 1. The molecule has 160 valence electrons. The molecule has 5 rings (SSSR count). The van der Waals surface area contributed by atoms with Crippen LogP contribution < -0.4 is 5.43 Å². The molecule has 0 aliphatic carbocycles. The molecular weight excluding hydrogens is 406 g/mol. The number of carbonyl (C=O) groups excluding carboxylic acids is 1. The van der Waals surface area contributed by atoms with E-state index in [9.17, 15) is 18.4 Å². The van der Waals surface area contributed by atoms with Gasteiger partial charge in [-0.25, -0.2) is 8.78 Å². The number of halogens is 2. The summed E-state index contributed by atoms with van der Waals surface area (Å²) in [6.07, 6.45) is 0. The first-order chi connectivity index (χ1) is 15.0. The largest absolute Gasteiger partial charge is 0.450 e. The van der Waals surface area contributed by atoms with E-state index in [-0.39, 0.29) is 22.3 Å². The van der Waals surface area contributed by atoms with E-state index in [0.717, 1.165) is 19.2 Å². The molecule has 1 fully saturated rings. The van der Waals surface area contributed by atoms with Crippen molar-refractivity contribution in [2.75, 3.05) is 39.4 Å². The molecule has 1 atom stereocenters. The van der Waals surface area contributed by atoms with Crippen LogP contribution in [-0.2, 0) is 4.74 Å². The Kier molecular flexibility index (Phi) is 5.03. The van der Waals surface area contributed by atoms with E-state index < -0.39 is 29.0 Å². The number of hydrogen-bond acceptors (Lipinski definition) is 5. The molecule has 0 radical (unpaired) electrons. The van der Waals surface area contributed by atoms with Gasteiger partial charge in [-0.1, -0.05) is 12.1 Å². The minimum atomic E-state index is -0.803. The van der Waals surface area contributed by atoms with E-state index >= 15 is 0 Å². The Balaban J connectivity index is 1.61. The lowest BCUT2D eigenvalue weighted by Crippen LogP contribution is -2.42. The number of nitrogens with zero attached hydrogens (tertiary/aromatic N) is 2. The summed E-state index contributed by atoms with van der Waals surface area (Å²) in [4.78, 5) is 30.3. The highest BCUT2D eigenvalue weighted by atomic mass is 19.1. The van der Waals surface area contributed by atoms with E-state index in [0.29, 0.717) is 31.9 Å². The van der Waals surface area contributed by atoms with Gasteiger partial charge in [-0.3, -0.25) is 14.5 Å². The van der Waals surface area contributed by atoms with E-state index in [1.807, 2.05) is 0 Å². The van der Waals surface area contributed by atoms with Gasteiger partial charge in [0.2, 0.25) is 5.76 Å². The SMILES string of the molecule is O=C1c2oc3ccc(F)cc3c(=O)c2[C@H](c2cccc(F)c2)N1CCN1CCOCC1. The van der Waals surface area contributed by atoms with Crippen molar-refractivity contribution in [2.45, 2.75) is 6.04 Å². The molecule has 1 saturated heterocycles. The third kappa shape index (κ3) is 3.51. The van der Waals surface area contributed by atoms with Crippen molar-refractivity contribution in [1.29, 1.82) is 0 Å². The predicted octanol–water partition coefficient (Wildman–Crippen LogP) is 2.95. The van der Waals surface area contributed by atoms with Crippen LogP contribution in [0.1, 0.15) is 27.7 Å². The Labute approximate surface area is 176 Å². The zero-order chi connectivity index (χ0) is 21.5. The fraction of sp³-hybridized carbons (Fsp3) is 0.304. The Morgan fingerprint density at radius 2 is 1.74 bits per heavy atom. The van der Waals surface area contributed by atoms with Crippen molar-refractivity contribution in [3.8, 4) is 0 Å². The van der Waals surface area contributed by atoms with Crippen molar-refractivity contribution >= 4 is 16.9 Å². The summed E-state index contributed by atoms with van der Waals surface area (Å²) in [7, 11) is 0. The zero-order valence-corrected chi connectivity index (χ0v) is 16.6. The Morgan fingerprint density at radius 3 is 2.52 bits per heavy atom. The number of morpholine rings is 1. The second-order valence-corrected chi connectivity index (χ2v) is 7.72. The van der Waals surface area contributed by atoms with Gasteiger partial charge in [-0.2, -0.15) is 0 Å². The topological polar surface area (TPSA) is 63.0 Å². The molecular formula is C23H20F2N2O4. The monoisotopic (exact) mass is 426 g/mol. The maximum absolute atomic E-state index is 14.0. The average Bonchev–Trinajstić information content (AvgIpc) is 3.05. The summed E-state index contributed by atoms with van der Waals surface area (Å²) >= 11 is 0. The molecule has 2 aliphatic heterocycles. The second-order valence-electron chi connectivity index (χ2n) is 7.72. The number of ether oxygens (including phenoxy) is 1. The number of fused-ring (bicyclic) bond motifs is 2. The van der Waals surface area contributed by atoms with Gasteiger partial charge >= 0.3 is 0 Å². The molecule has 0 spiro atoms. The van der Waals surface area contributed by atoms with Gasteiger partial charge in [0.1, 0.15) is 17.2 Å². The summed E-state index contributed by atoms with van der Waals surface area (Å²) in [5.74, 6) is -1.54. The Hall–Kier alpha value is -3.10. The third-order valence-corrected chi connectivity index (χ3v) is 5.85. The lowest BCUT2D eigenvalue weighted by Gasteiger charge is -2.31. The average molecular weight is 426 g/mol. The minimum absolute atomic E-state index is 0.0583. The van der Waals surface area contributed by atoms with Gasteiger partial charge in [0.15, 0.2) is 5.43 Å². The van der Waals surface area contributed by atoms with Crippen LogP contribution in [0, 0.1) is 11.6 Å². The molecule has 31 heavy (non-hydrogen) atoms. The van der Waals surface area contributed by atoms with Gasteiger partial charge < -0.3 is 14.1 Å². The first kappa shape index (κ1) is 19.8. The molecule has 6 nitrogen and oxygen atoms in total. The van der Waals surface area contributed by atoms with Crippen LogP contribution >= 0.6 is 0 Å². The summed E-state index contributed by atoms with van der Waals surface area (Å²) in [6, 6.07) is 8.64. The summed E-state index contributed by atoms with van der Waals surface area (Å²) < 4.78 is 39.0. The quantitative estimate of drug-likeness (QED) is 0.642. The van der Waals surface area contributed by atoms with Crippen LogP contribution in [0.2, 0.25) is 0 Å². The normalized spacial score (nSPS) is 19.2. The maximum Gasteiger partial charge on any atom is 0.290 e. The van der Waals surface area contributed by atoms with Gasteiger partial charge in [-0.15, -0.1) is 0 Å². The van der Waals surface area contributed by atoms with Crippen LogP contribution in [0.25, 0.3) is 11.0 Å². The molecule has 1 aromatic heterocycles. The van der Waals surface area contributed by atoms with Crippen LogP contribution in [0.3, 0.4) is 0 Å². The summed E-state index contributed by atoms with van der Waals surface area (Å²) in [5, 5.41) is 0.0583. The molecule has 0 unspecified atom stereocenters. The Bertz CT molecular complexity index is 1220. The number of carbonyl (C=O) groups is 1. The fourth-order valence-corrected chi connectivity index (χ4v) is 4.32. The van der Waals surface area contributed by atoms with E-state index in [2.05, 4.69) is 4.90 Å². The second kappa shape index (κ2) is 7.86. The summed E-state index contributed by atoms with van der Waals surface area (Å²) in [5.41, 5.74) is 0.256. The maximum atomic E-state index is 14.0. The van der Waals surface area contributed by atoms with Crippen LogP contribution in [-0.4, -0.2) is 55.1 Å². The zero-order valence-electron chi connectivity index (χ0n) is 16.6. The lowest BCUT2D eigenvalue weighted by atomic mass is 9.98. The smallest absolute Gasteiger partial charge is 0.290 e. The van der Waals surface area contributed by atoms with Crippen molar-refractivity contribution in [3.05, 3.63) is 81.2 Å². The van der Waals surface area contributed by atoms with Crippen LogP contribution in [0.4, 0.5) is 8.78 Å². The molecule has 1 amide bonds. The van der Waals surface area contributed by atoms with Crippen molar-refractivity contribution in [3.63, 3.8) is 0 Å². The van der Waals surface area contributed by atoms with E-state index in [1.54, 1.807) is 6.07 Å². The van der Waals surface area contributed by atoms with Crippen molar-refractivity contribution < 1.29 is 22.7 Å². The molecule has 2 aliphatic rings. The predicted molar refractivity (Wildman–Crippen MR) is 109 cm³/mol. The lowest BCUT2D eigenvalue weighted by molar-refractivity contribution is 0.0314. The molecule has 8 heteroatoms. The number of rotatable bonds is 4. The first-order valence-corrected chi connectivity index (χ1v) is 10.2. The molecule has 0 bridgehead atoms. The Morgan fingerprint density at radius 1 is 0.968 bits per heavy atom.